The number of aromatic nitrogens is 2. The number of nitrogens with one attached hydrogen (secondary N) is 1. The zero-order chi connectivity index (χ0) is 20.4. The lowest BCUT2D eigenvalue weighted by molar-refractivity contribution is -0.117. The van der Waals surface area contributed by atoms with Crippen molar-refractivity contribution in [2.75, 3.05) is 11.1 Å². The molecule has 0 radical (unpaired) electrons. The Labute approximate surface area is 178 Å². The summed E-state index contributed by atoms with van der Waals surface area (Å²) in [6.07, 6.45) is 0.862. The molecule has 29 heavy (non-hydrogen) atoms. The van der Waals surface area contributed by atoms with Crippen molar-refractivity contribution in [3.05, 3.63) is 70.8 Å². The molecule has 0 bridgehead atoms. The zero-order valence-corrected chi connectivity index (χ0v) is 17.8. The summed E-state index contributed by atoms with van der Waals surface area (Å²) in [6.45, 7) is 3.96. The molecule has 2 aromatic carbocycles. The molecule has 1 aromatic heterocycles. The molecule has 2 atom stereocenters. The normalized spacial score (nSPS) is 17.7. The molecule has 7 heteroatoms. The van der Waals surface area contributed by atoms with E-state index in [0.29, 0.717) is 15.2 Å². The molecule has 1 heterocycles. The van der Waals surface area contributed by atoms with Gasteiger partial charge in [0, 0.05) is 11.5 Å². The zero-order valence-electron chi connectivity index (χ0n) is 16.2. The highest BCUT2D eigenvalue weighted by Gasteiger charge is 2.44. The van der Waals surface area contributed by atoms with Crippen LogP contribution in [0.3, 0.4) is 0 Å². The second-order valence-corrected chi connectivity index (χ2v) is 9.45. The quantitative estimate of drug-likeness (QED) is 0.333. The Morgan fingerprint density at radius 2 is 1.93 bits per heavy atom. The van der Waals surface area contributed by atoms with Crippen molar-refractivity contribution in [2.45, 2.75) is 30.5 Å². The molecule has 1 aliphatic rings. The number of nitrogens with zero attached hydrogens (tertiary/aromatic N) is 2. The lowest BCUT2D eigenvalue weighted by atomic mass is 10.0. The number of Topliss-reactive ketones (excluding diaryl/α,β-unsaturated/α-hetero) is 1. The van der Waals surface area contributed by atoms with E-state index in [9.17, 15) is 9.59 Å². The fourth-order valence-corrected chi connectivity index (χ4v) is 5.04. The second-order valence-electron chi connectivity index (χ2n) is 7.25. The van der Waals surface area contributed by atoms with Crippen LogP contribution >= 0.6 is 23.1 Å². The highest BCUT2D eigenvalue weighted by atomic mass is 32.2. The molecule has 0 spiro atoms. The molecule has 0 aliphatic heterocycles. The number of aryl methyl sites for hydroxylation is 2. The number of ketones is 1. The molecule has 1 aliphatic carbocycles. The lowest BCUT2D eigenvalue weighted by Crippen LogP contribution is -2.14. The predicted molar refractivity (Wildman–Crippen MR) is 117 cm³/mol. The van der Waals surface area contributed by atoms with Crippen molar-refractivity contribution in [1.82, 2.24) is 10.2 Å². The maximum atomic E-state index is 12.5. The largest absolute Gasteiger partial charge is 0.300 e. The Bertz CT molecular complexity index is 1050. The van der Waals surface area contributed by atoms with Crippen LogP contribution in [0, 0.1) is 19.8 Å². The van der Waals surface area contributed by atoms with E-state index in [4.69, 9.17) is 0 Å². The molecular weight excluding hydrogens is 402 g/mol. The first-order valence-corrected chi connectivity index (χ1v) is 11.2. The van der Waals surface area contributed by atoms with Crippen molar-refractivity contribution >= 4 is 39.9 Å². The monoisotopic (exact) mass is 423 g/mol. The third-order valence-corrected chi connectivity index (χ3v) is 6.97. The van der Waals surface area contributed by atoms with Crippen molar-refractivity contribution in [3.63, 3.8) is 0 Å². The van der Waals surface area contributed by atoms with Gasteiger partial charge in [-0.15, -0.1) is 10.2 Å². The Balaban J connectivity index is 1.30. The SMILES string of the molecule is Cc1ccc(C(=O)CSc2nnc(NC(=O)C3C[C@H]3c3ccccc3)s2)c(C)c1. The standard InChI is InChI=1S/C22H21N3O2S2/c1-13-8-9-16(14(2)10-13)19(26)12-28-22-25-24-21(29-22)23-20(27)18-11-17(18)15-6-4-3-5-7-15/h3-10,17-18H,11-12H2,1-2H3,(H,23,24,27)/t17-,18?/m0/s1. The third kappa shape index (κ3) is 4.74. The van der Waals surface area contributed by atoms with Gasteiger partial charge in [0.15, 0.2) is 10.1 Å². The van der Waals surface area contributed by atoms with E-state index in [-0.39, 0.29) is 23.5 Å². The van der Waals surface area contributed by atoms with Gasteiger partial charge in [-0.1, -0.05) is 77.2 Å². The van der Waals surface area contributed by atoms with Crippen LogP contribution in [0.1, 0.15) is 39.4 Å². The van der Waals surface area contributed by atoms with E-state index in [0.717, 1.165) is 23.1 Å². The summed E-state index contributed by atoms with van der Waals surface area (Å²) in [6, 6.07) is 15.9. The number of hydrogen-bond donors (Lipinski definition) is 1. The molecule has 148 valence electrons. The van der Waals surface area contributed by atoms with Gasteiger partial charge in [0.2, 0.25) is 11.0 Å². The van der Waals surface area contributed by atoms with Crippen molar-refractivity contribution in [2.24, 2.45) is 5.92 Å². The minimum atomic E-state index is -0.0158. The number of amides is 1. The fraction of sp³-hybridized carbons (Fsp3) is 0.273. The van der Waals surface area contributed by atoms with Crippen LogP contribution in [0.5, 0.6) is 0 Å². The molecule has 1 amide bonds. The summed E-state index contributed by atoms with van der Waals surface area (Å²) in [7, 11) is 0. The predicted octanol–water partition coefficient (Wildman–Crippen LogP) is 4.87. The van der Waals surface area contributed by atoms with E-state index in [1.165, 1.54) is 28.7 Å². The van der Waals surface area contributed by atoms with Crippen molar-refractivity contribution < 1.29 is 9.59 Å². The summed E-state index contributed by atoms with van der Waals surface area (Å²) < 4.78 is 0.675. The van der Waals surface area contributed by atoms with Crippen LogP contribution in [0.2, 0.25) is 0 Å². The maximum Gasteiger partial charge on any atom is 0.229 e. The van der Waals surface area contributed by atoms with Crippen molar-refractivity contribution in [1.29, 1.82) is 0 Å². The molecule has 5 nitrogen and oxygen atoms in total. The molecule has 4 rings (SSSR count). The average molecular weight is 424 g/mol. The minimum Gasteiger partial charge on any atom is -0.300 e. The number of hydrogen-bond acceptors (Lipinski definition) is 6. The van der Waals surface area contributed by atoms with Gasteiger partial charge in [-0.2, -0.15) is 0 Å². The van der Waals surface area contributed by atoms with E-state index in [1.54, 1.807) is 0 Å². The summed E-state index contributed by atoms with van der Waals surface area (Å²) in [5.74, 6) is 0.622. The number of rotatable bonds is 7. The second kappa shape index (κ2) is 8.47. The summed E-state index contributed by atoms with van der Waals surface area (Å²) >= 11 is 2.65. The van der Waals surface area contributed by atoms with Crippen LogP contribution in [-0.4, -0.2) is 27.6 Å². The fourth-order valence-electron chi connectivity index (χ4n) is 3.40. The van der Waals surface area contributed by atoms with Crippen LogP contribution in [0.15, 0.2) is 52.9 Å². The van der Waals surface area contributed by atoms with E-state index >= 15 is 0 Å². The minimum absolute atomic E-state index is 0.0107. The molecule has 1 N–H and O–H groups in total. The Morgan fingerprint density at radius 1 is 1.14 bits per heavy atom. The Hall–Kier alpha value is -2.51. The topological polar surface area (TPSA) is 72.0 Å². The summed E-state index contributed by atoms with van der Waals surface area (Å²) in [5, 5.41) is 11.5. The van der Waals surface area contributed by atoms with Crippen molar-refractivity contribution in [3.8, 4) is 0 Å². The van der Waals surface area contributed by atoms with E-state index in [2.05, 4.69) is 27.6 Å². The van der Waals surface area contributed by atoms with Gasteiger partial charge in [0.05, 0.1) is 5.75 Å². The highest BCUT2D eigenvalue weighted by Crippen LogP contribution is 2.48. The number of carbonyl (C=O) groups is 2. The number of carbonyl (C=O) groups excluding carboxylic acids is 2. The molecule has 1 fully saturated rings. The molecular formula is C22H21N3O2S2. The van der Waals surface area contributed by atoms with Gasteiger partial charge in [0.25, 0.3) is 0 Å². The Morgan fingerprint density at radius 3 is 2.69 bits per heavy atom. The first kappa shape index (κ1) is 19.8. The first-order valence-electron chi connectivity index (χ1n) is 9.44. The molecule has 1 saturated carbocycles. The third-order valence-electron chi connectivity index (χ3n) is 5.00. The van der Waals surface area contributed by atoms with Gasteiger partial charge in [-0.05, 0) is 37.3 Å². The van der Waals surface area contributed by atoms with Crippen LogP contribution in [0.25, 0.3) is 0 Å². The van der Waals surface area contributed by atoms with E-state index < -0.39 is 0 Å². The number of benzene rings is 2. The van der Waals surface area contributed by atoms with Gasteiger partial charge in [-0.3, -0.25) is 9.59 Å². The first-order chi connectivity index (χ1) is 14.0. The van der Waals surface area contributed by atoms with Gasteiger partial charge >= 0.3 is 0 Å². The molecule has 1 unspecified atom stereocenters. The molecule has 0 saturated heterocycles. The molecule has 3 aromatic rings. The highest BCUT2D eigenvalue weighted by molar-refractivity contribution is 8.01. The van der Waals surface area contributed by atoms with Gasteiger partial charge in [0.1, 0.15) is 0 Å². The van der Waals surface area contributed by atoms with E-state index in [1.807, 2.05) is 50.2 Å². The average Bonchev–Trinajstić information content (AvgIpc) is 3.40. The van der Waals surface area contributed by atoms with Gasteiger partial charge < -0.3 is 5.32 Å². The number of thioether (sulfide) groups is 1. The maximum absolute atomic E-state index is 12.5. The van der Waals surface area contributed by atoms with Gasteiger partial charge in [-0.25, -0.2) is 0 Å². The Kier molecular flexibility index (Phi) is 5.78. The van der Waals surface area contributed by atoms with Crippen LogP contribution in [0.4, 0.5) is 5.13 Å². The smallest absolute Gasteiger partial charge is 0.229 e. The summed E-state index contributed by atoms with van der Waals surface area (Å²) in [5.41, 5.74) is 4.06. The van der Waals surface area contributed by atoms with Crippen LogP contribution in [-0.2, 0) is 4.79 Å². The summed E-state index contributed by atoms with van der Waals surface area (Å²) in [4.78, 5) is 24.9. The van der Waals surface area contributed by atoms with Crippen LogP contribution < -0.4 is 5.32 Å². The lowest BCUT2D eigenvalue weighted by Gasteiger charge is -2.04. The number of anilines is 1.